The summed E-state index contributed by atoms with van der Waals surface area (Å²) in [6.07, 6.45) is -0.940. The fourth-order valence-corrected chi connectivity index (χ4v) is 2.22. The minimum absolute atomic E-state index is 0.0764. The Kier molecular flexibility index (Phi) is 6.06. The number of non-ortho nitro benzene ring substituents is 1. The maximum absolute atomic E-state index is 12.3. The van der Waals surface area contributed by atoms with Gasteiger partial charge < -0.3 is 9.47 Å². The van der Waals surface area contributed by atoms with Crippen LogP contribution >= 0.6 is 0 Å². The molecule has 0 aliphatic rings. The Morgan fingerprint density at radius 3 is 2.31 bits per heavy atom. The summed E-state index contributed by atoms with van der Waals surface area (Å²) in [5.74, 6) is -0.703. The molecule has 7 heteroatoms. The third-order valence-corrected chi connectivity index (χ3v) is 3.87. The van der Waals surface area contributed by atoms with Gasteiger partial charge in [-0.1, -0.05) is 12.1 Å². The second-order valence-electron chi connectivity index (χ2n) is 5.84. The minimum atomic E-state index is -0.940. The van der Waals surface area contributed by atoms with Gasteiger partial charge in [-0.25, -0.2) is 4.79 Å². The zero-order valence-corrected chi connectivity index (χ0v) is 14.7. The Balaban J connectivity index is 1.89. The minimum Gasteiger partial charge on any atom is -0.482 e. The smallest absolute Gasteiger partial charge is 0.344 e. The van der Waals surface area contributed by atoms with Gasteiger partial charge in [0, 0.05) is 17.7 Å². The van der Waals surface area contributed by atoms with E-state index in [1.165, 1.54) is 31.2 Å². The van der Waals surface area contributed by atoms with Gasteiger partial charge in [-0.05, 0) is 50.1 Å². The predicted octanol–water partition coefficient (Wildman–Crippen LogP) is 3.41. The van der Waals surface area contributed by atoms with Crippen LogP contribution in [0.5, 0.6) is 5.75 Å². The molecule has 1 atom stereocenters. The van der Waals surface area contributed by atoms with Crippen LogP contribution in [0.1, 0.15) is 28.4 Å². The van der Waals surface area contributed by atoms with Crippen molar-refractivity contribution < 1.29 is 24.0 Å². The molecule has 0 spiro atoms. The maximum atomic E-state index is 12.3. The van der Waals surface area contributed by atoms with Crippen LogP contribution in [0.15, 0.2) is 42.5 Å². The van der Waals surface area contributed by atoms with Gasteiger partial charge in [-0.2, -0.15) is 0 Å². The Labute approximate surface area is 150 Å². The topological polar surface area (TPSA) is 95.7 Å². The first kappa shape index (κ1) is 19.1. The number of benzene rings is 2. The number of ketones is 1. The summed E-state index contributed by atoms with van der Waals surface area (Å²) in [7, 11) is 0. The number of Topliss-reactive ketones (excluding diaryl/α,β-unsaturated/α-hetero) is 1. The molecule has 0 aromatic heterocycles. The Hall–Kier alpha value is -3.22. The summed E-state index contributed by atoms with van der Waals surface area (Å²) in [5.41, 5.74) is 2.45. The van der Waals surface area contributed by atoms with Crippen LogP contribution in [0.4, 0.5) is 5.69 Å². The van der Waals surface area contributed by atoms with E-state index in [1.54, 1.807) is 12.1 Å². The number of hydrogen-bond acceptors (Lipinski definition) is 6. The number of nitro benzene ring substituents is 1. The van der Waals surface area contributed by atoms with Crippen LogP contribution in [-0.2, 0) is 9.53 Å². The number of carbonyl (C=O) groups excluding carboxylic acids is 2. The van der Waals surface area contributed by atoms with E-state index < -0.39 is 23.6 Å². The Morgan fingerprint density at radius 1 is 1.08 bits per heavy atom. The largest absolute Gasteiger partial charge is 0.482 e. The lowest BCUT2D eigenvalue weighted by molar-refractivity contribution is -0.384. The molecule has 0 aliphatic carbocycles. The van der Waals surface area contributed by atoms with Crippen LogP contribution in [0.2, 0.25) is 0 Å². The number of hydrogen-bond donors (Lipinski definition) is 0. The predicted molar refractivity (Wildman–Crippen MR) is 94.4 cm³/mol. The second-order valence-corrected chi connectivity index (χ2v) is 5.84. The highest BCUT2D eigenvalue weighted by Crippen LogP contribution is 2.17. The van der Waals surface area contributed by atoms with Crippen molar-refractivity contribution >= 4 is 17.4 Å². The third-order valence-electron chi connectivity index (χ3n) is 3.87. The van der Waals surface area contributed by atoms with Crippen molar-refractivity contribution in [2.45, 2.75) is 26.9 Å². The third kappa shape index (κ3) is 4.89. The summed E-state index contributed by atoms with van der Waals surface area (Å²) in [6, 6.07) is 10.6. The van der Waals surface area contributed by atoms with Gasteiger partial charge in [-0.15, -0.1) is 0 Å². The van der Waals surface area contributed by atoms with E-state index in [2.05, 4.69) is 0 Å². The lowest BCUT2D eigenvalue weighted by Crippen LogP contribution is -2.27. The molecule has 0 fully saturated rings. The molecule has 0 aliphatic heterocycles. The molecular weight excluding hydrogens is 338 g/mol. The number of rotatable bonds is 7. The van der Waals surface area contributed by atoms with Gasteiger partial charge in [0.1, 0.15) is 5.75 Å². The standard InChI is InChI=1S/C19H19NO6/c1-12-4-5-15(10-13(12)2)19(22)14(3)26-18(21)11-25-17-8-6-16(7-9-17)20(23)24/h4-10,14H,11H2,1-3H3/t14-/m0/s1. The molecule has 0 unspecified atom stereocenters. The monoisotopic (exact) mass is 357 g/mol. The molecule has 2 aromatic carbocycles. The van der Waals surface area contributed by atoms with E-state index in [9.17, 15) is 19.7 Å². The molecule has 0 amide bonds. The first-order valence-electron chi connectivity index (χ1n) is 7.96. The van der Waals surface area contributed by atoms with Gasteiger partial charge in [0.05, 0.1) is 4.92 Å². The number of aryl methyl sites for hydroxylation is 2. The SMILES string of the molecule is Cc1ccc(C(=O)[C@H](C)OC(=O)COc2ccc([N+](=O)[O-])cc2)cc1C. The fourth-order valence-electron chi connectivity index (χ4n) is 2.22. The van der Waals surface area contributed by atoms with E-state index in [0.717, 1.165) is 11.1 Å². The highest BCUT2D eigenvalue weighted by molar-refractivity contribution is 6.00. The van der Waals surface area contributed by atoms with Crippen molar-refractivity contribution in [1.29, 1.82) is 0 Å². The van der Waals surface area contributed by atoms with Crippen LogP contribution in [0.25, 0.3) is 0 Å². The Bertz CT molecular complexity index is 828. The van der Waals surface area contributed by atoms with Gasteiger partial charge >= 0.3 is 5.97 Å². The molecule has 26 heavy (non-hydrogen) atoms. The van der Waals surface area contributed by atoms with E-state index in [1.807, 2.05) is 19.9 Å². The van der Waals surface area contributed by atoms with Crippen LogP contribution in [0.3, 0.4) is 0 Å². The van der Waals surface area contributed by atoms with E-state index in [0.29, 0.717) is 11.3 Å². The molecule has 0 heterocycles. The van der Waals surface area contributed by atoms with Crippen molar-refractivity contribution in [1.82, 2.24) is 0 Å². The molecule has 0 N–H and O–H groups in total. The molecule has 0 bridgehead atoms. The number of carbonyl (C=O) groups is 2. The summed E-state index contributed by atoms with van der Waals surface area (Å²) in [4.78, 5) is 34.2. The number of nitrogens with zero attached hydrogens (tertiary/aromatic N) is 1. The molecule has 0 saturated carbocycles. The molecule has 2 rings (SSSR count). The summed E-state index contributed by atoms with van der Waals surface area (Å²) in [5, 5.41) is 10.6. The van der Waals surface area contributed by atoms with Gasteiger partial charge in [0.15, 0.2) is 12.7 Å². The van der Waals surface area contributed by atoms with Crippen molar-refractivity contribution in [2.24, 2.45) is 0 Å². The average molecular weight is 357 g/mol. The molecular formula is C19H19NO6. The van der Waals surface area contributed by atoms with Gasteiger partial charge in [0.2, 0.25) is 5.78 Å². The maximum Gasteiger partial charge on any atom is 0.344 e. The fraction of sp³-hybridized carbons (Fsp3) is 0.263. The lowest BCUT2D eigenvalue weighted by Gasteiger charge is -2.13. The summed E-state index contributed by atoms with van der Waals surface area (Å²) < 4.78 is 10.3. The summed E-state index contributed by atoms with van der Waals surface area (Å²) in [6.45, 7) is 4.95. The zero-order valence-electron chi connectivity index (χ0n) is 14.7. The quantitative estimate of drug-likeness (QED) is 0.326. The van der Waals surface area contributed by atoms with Crippen molar-refractivity contribution in [3.05, 3.63) is 69.3 Å². The van der Waals surface area contributed by atoms with Crippen LogP contribution < -0.4 is 4.74 Å². The summed E-state index contributed by atoms with van der Waals surface area (Å²) >= 11 is 0. The van der Waals surface area contributed by atoms with Gasteiger partial charge in [-0.3, -0.25) is 14.9 Å². The highest BCUT2D eigenvalue weighted by Gasteiger charge is 2.20. The zero-order chi connectivity index (χ0) is 19.3. The van der Waals surface area contributed by atoms with Crippen molar-refractivity contribution in [2.75, 3.05) is 6.61 Å². The van der Waals surface area contributed by atoms with Crippen LogP contribution in [0, 0.1) is 24.0 Å². The molecule has 0 saturated heterocycles. The second kappa shape index (κ2) is 8.24. The van der Waals surface area contributed by atoms with Crippen LogP contribution in [-0.4, -0.2) is 29.4 Å². The first-order chi connectivity index (χ1) is 12.3. The number of nitro groups is 1. The normalized spacial score (nSPS) is 11.5. The lowest BCUT2D eigenvalue weighted by atomic mass is 10.0. The van der Waals surface area contributed by atoms with E-state index in [4.69, 9.17) is 9.47 Å². The first-order valence-corrected chi connectivity index (χ1v) is 7.96. The van der Waals surface area contributed by atoms with Crippen molar-refractivity contribution in [3.63, 3.8) is 0 Å². The van der Waals surface area contributed by atoms with E-state index in [-0.39, 0.29) is 11.5 Å². The number of esters is 1. The number of ether oxygens (including phenoxy) is 2. The highest BCUT2D eigenvalue weighted by atomic mass is 16.6. The Morgan fingerprint density at radius 2 is 1.73 bits per heavy atom. The van der Waals surface area contributed by atoms with Gasteiger partial charge in [0.25, 0.3) is 5.69 Å². The average Bonchev–Trinajstić information content (AvgIpc) is 2.62. The molecule has 7 nitrogen and oxygen atoms in total. The molecule has 136 valence electrons. The molecule has 0 radical (unpaired) electrons. The van der Waals surface area contributed by atoms with E-state index >= 15 is 0 Å². The molecule has 2 aromatic rings. The van der Waals surface area contributed by atoms with Crippen molar-refractivity contribution in [3.8, 4) is 5.75 Å².